The Morgan fingerprint density at radius 2 is 1.21 bits per heavy atom. The Labute approximate surface area is 193 Å². The molecule has 0 atom stereocenters. The Bertz CT molecular complexity index is 1590. The number of fused-ring (bicyclic) bond motifs is 2. The van der Waals surface area contributed by atoms with Crippen LogP contribution in [0.1, 0.15) is 11.1 Å². The summed E-state index contributed by atoms with van der Waals surface area (Å²) in [4.78, 5) is 4.87. The number of aromatic nitrogens is 2. The van der Waals surface area contributed by atoms with Gasteiger partial charge in [-0.05, 0) is 51.2 Å². The molecular weight excluding hydrogens is 400 g/mol. The lowest BCUT2D eigenvalue weighted by molar-refractivity contribution is 1.18. The molecule has 0 radical (unpaired) electrons. The lowest BCUT2D eigenvalue weighted by Gasteiger charge is -2.02. The molecule has 0 bridgehead atoms. The lowest BCUT2D eigenvalue weighted by atomic mass is 10.0. The van der Waals surface area contributed by atoms with E-state index in [0.29, 0.717) is 0 Å². The van der Waals surface area contributed by atoms with E-state index in [1.807, 2.05) is 6.07 Å². The summed E-state index contributed by atoms with van der Waals surface area (Å²) < 4.78 is 2.08. The molecule has 0 unspecified atom stereocenters. The highest BCUT2D eigenvalue weighted by molar-refractivity contribution is 5.86. The number of benzene rings is 4. The standard InChI is InChI=1S/C31H22N2/c1-2-6-25(7-3-1)27-14-16-28(17-15-27)30-22-33-19-18-24(21-31(33)32-30)11-10-23-12-13-26-8-4-5-9-29(26)20-23/h1-22H. The van der Waals surface area contributed by atoms with Gasteiger partial charge in [-0.1, -0.05) is 103 Å². The van der Waals surface area contributed by atoms with Gasteiger partial charge in [-0.3, -0.25) is 0 Å². The van der Waals surface area contributed by atoms with E-state index in [9.17, 15) is 0 Å². The van der Waals surface area contributed by atoms with Crippen molar-refractivity contribution in [2.75, 3.05) is 0 Å². The lowest BCUT2D eigenvalue weighted by Crippen LogP contribution is -1.83. The molecule has 4 aromatic carbocycles. The molecule has 2 aromatic heterocycles. The van der Waals surface area contributed by atoms with Crippen LogP contribution >= 0.6 is 0 Å². The van der Waals surface area contributed by atoms with Crippen LogP contribution in [0.3, 0.4) is 0 Å². The molecular formula is C31H22N2. The topological polar surface area (TPSA) is 17.3 Å². The first kappa shape index (κ1) is 19.3. The minimum absolute atomic E-state index is 0.942. The van der Waals surface area contributed by atoms with Crippen LogP contribution in [0.4, 0.5) is 0 Å². The predicted octanol–water partition coefficient (Wildman–Crippen LogP) is 7.99. The number of hydrogen-bond acceptors (Lipinski definition) is 1. The second-order valence-corrected chi connectivity index (χ2v) is 8.23. The summed E-state index contributed by atoms with van der Waals surface area (Å²) in [6.45, 7) is 0. The number of imidazole rings is 1. The van der Waals surface area contributed by atoms with Crippen LogP contribution in [-0.2, 0) is 0 Å². The minimum atomic E-state index is 0.942. The molecule has 2 nitrogen and oxygen atoms in total. The van der Waals surface area contributed by atoms with Gasteiger partial charge in [0.1, 0.15) is 5.65 Å². The third-order valence-corrected chi connectivity index (χ3v) is 6.01. The zero-order valence-corrected chi connectivity index (χ0v) is 18.1. The Kier molecular flexibility index (Phi) is 4.82. The fraction of sp³-hybridized carbons (Fsp3) is 0. The Morgan fingerprint density at radius 3 is 2.03 bits per heavy atom. The third-order valence-electron chi connectivity index (χ3n) is 6.01. The highest BCUT2D eigenvalue weighted by atomic mass is 15.0. The Balaban J connectivity index is 1.26. The molecule has 156 valence electrons. The van der Waals surface area contributed by atoms with E-state index in [1.165, 1.54) is 27.5 Å². The van der Waals surface area contributed by atoms with E-state index in [0.717, 1.165) is 22.5 Å². The predicted molar refractivity (Wildman–Crippen MR) is 139 cm³/mol. The molecule has 6 aromatic rings. The Morgan fingerprint density at radius 1 is 0.545 bits per heavy atom. The molecule has 2 heteroatoms. The van der Waals surface area contributed by atoms with Gasteiger partial charge in [0.15, 0.2) is 0 Å². The largest absolute Gasteiger partial charge is 0.306 e. The van der Waals surface area contributed by atoms with Crippen LogP contribution in [0.2, 0.25) is 0 Å². The van der Waals surface area contributed by atoms with E-state index in [1.54, 1.807) is 0 Å². The van der Waals surface area contributed by atoms with Gasteiger partial charge in [-0.15, -0.1) is 0 Å². The summed E-state index contributed by atoms with van der Waals surface area (Å²) in [6, 6.07) is 38.3. The molecule has 0 aliphatic rings. The summed E-state index contributed by atoms with van der Waals surface area (Å²) in [7, 11) is 0. The van der Waals surface area contributed by atoms with Gasteiger partial charge < -0.3 is 4.40 Å². The average molecular weight is 423 g/mol. The fourth-order valence-corrected chi connectivity index (χ4v) is 4.21. The van der Waals surface area contributed by atoms with Crippen molar-refractivity contribution in [3.05, 3.63) is 133 Å². The number of hydrogen-bond donors (Lipinski definition) is 0. The van der Waals surface area contributed by atoms with Crippen LogP contribution < -0.4 is 0 Å². The molecule has 6 rings (SSSR count). The van der Waals surface area contributed by atoms with Gasteiger partial charge in [-0.25, -0.2) is 4.98 Å². The van der Waals surface area contributed by atoms with Crippen molar-refractivity contribution in [2.45, 2.75) is 0 Å². The average Bonchev–Trinajstić information content (AvgIpc) is 3.31. The molecule has 0 saturated carbocycles. The molecule has 0 aliphatic heterocycles. The quantitative estimate of drug-likeness (QED) is 0.281. The summed E-state index contributed by atoms with van der Waals surface area (Å²) in [6.07, 6.45) is 8.46. The maximum atomic E-state index is 4.87. The molecule has 0 amide bonds. The van der Waals surface area contributed by atoms with E-state index in [-0.39, 0.29) is 0 Å². The molecule has 0 aliphatic carbocycles. The van der Waals surface area contributed by atoms with Gasteiger partial charge >= 0.3 is 0 Å². The summed E-state index contributed by atoms with van der Waals surface area (Å²) in [5, 5.41) is 2.52. The van der Waals surface area contributed by atoms with Gasteiger partial charge in [0.25, 0.3) is 0 Å². The summed E-state index contributed by atoms with van der Waals surface area (Å²) >= 11 is 0. The highest BCUT2D eigenvalue weighted by Gasteiger charge is 2.06. The second kappa shape index (κ2) is 8.25. The third kappa shape index (κ3) is 3.95. The van der Waals surface area contributed by atoms with Crippen LogP contribution in [0.25, 0.3) is 51.0 Å². The van der Waals surface area contributed by atoms with Crippen molar-refractivity contribution in [3.63, 3.8) is 0 Å². The summed E-state index contributed by atoms with van der Waals surface area (Å²) in [5.41, 5.74) is 7.80. The fourth-order valence-electron chi connectivity index (χ4n) is 4.21. The van der Waals surface area contributed by atoms with Crippen molar-refractivity contribution in [1.29, 1.82) is 0 Å². The maximum absolute atomic E-state index is 4.87. The second-order valence-electron chi connectivity index (χ2n) is 8.23. The first-order valence-electron chi connectivity index (χ1n) is 11.1. The summed E-state index contributed by atoms with van der Waals surface area (Å²) in [5.74, 6) is 0. The molecule has 0 saturated heterocycles. The number of nitrogens with zero attached hydrogens (tertiary/aromatic N) is 2. The van der Waals surface area contributed by atoms with Gasteiger partial charge in [0.05, 0.1) is 5.69 Å². The number of pyridine rings is 1. The van der Waals surface area contributed by atoms with Gasteiger partial charge in [0, 0.05) is 18.0 Å². The van der Waals surface area contributed by atoms with E-state index >= 15 is 0 Å². The zero-order chi connectivity index (χ0) is 22.0. The zero-order valence-electron chi connectivity index (χ0n) is 18.1. The van der Waals surface area contributed by atoms with E-state index < -0.39 is 0 Å². The smallest absolute Gasteiger partial charge is 0.138 e. The van der Waals surface area contributed by atoms with E-state index in [4.69, 9.17) is 4.98 Å². The van der Waals surface area contributed by atoms with Crippen molar-refractivity contribution in [2.24, 2.45) is 0 Å². The molecule has 33 heavy (non-hydrogen) atoms. The van der Waals surface area contributed by atoms with Crippen LogP contribution in [-0.4, -0.2) is 9.38 Å². The monoisotopic (exact) mass is 422 g/mol. The van der Waals surface area contributed by atoms with Crippen molar-refractivity contribution in [3.8, 4) is 22.4 Å². The molecule has 0 N–H and O–H groups in total. The maximum Gasteiger partial charge on any atom is 0.138 e. The number of rotatable bonds is 4. The van der Waals surface area contributed by atoms with Gasteiger partial charge in [0.2, 0.25) is 0 Å². The molecule has 0 fully saturated rings. The first-order chi connectivity index (χ1) is 16.3. The van der Waals surface area contributed by atoms with Crippen molar-refractivity contribution < 1.29 is 0 Å². The van der Waals surface area contributed by atoms with Crippen molar-refractivity contribution >= 4 is 28.6 Å². The SMILES string of the molecule is C(=Cc1ccn2cc(-c3ccc(-c4ccccc4)cc3)nc2c1)c1ccc2ccccc2c1. The van der Waals surface area contributed by atoms with Crippen LogP contribution in [0.5, 0.6) is 0 Å². The van der Waals surface area contributed by atoms with E-state index in [2.05, 4.69) is 132 Å². The van der Waals surface area contributed by atoms with Crippen LogP contribution in [0.15, 0.2) is 122 Å². The van der Waals surface area contributed by atoms with Gasteiger partial charge in [-0.2, -0.15) is 0 Å². The van der Waals surface area contributed by atoms with Crippen molar-refractivity contribution in [1.82, 2.24) is 9.38 Å². The highest BCUT2D eigenvalue weighted by Crippen LogP contribution is 2.25. The Hall–Kier alpha value is -4.43. The molecule has 0 spiro atoms. The first-order valence-corrected chi connectivity index (χ1v) is 11.1. The minimum Gasteiger partial charge on any atom is -0.306 e. The van der Waals surface area contributed by atoms with Crippen LogP contribution in [0, 0.1) is 0 Å². The molecule has 2 heterocycles. The normalized spacial score (nSPS) is 11.5.